The van der Waals surface area contributed by atoms with E-state index >= 15 is 0 Å². The number of likely N-dealkylation sites (tertiary alicyclic amines) is 2. The summed E-state index contributed by atoms with van der Waals surface area (Å²) in [5, 5.41) is 0. The zero-order valence-electron chi connectivity index (χ0n) is 13.9. The van der Waals surface area contributed by atoms with Crippen LogP contribution in [0.1, 0.15) is 48.2 Å². The molecule has 1 aromatic heterocycles. The van der Waals surface area contributed by atoms with Crippen LogP contribution in [0.5, 0.6) is 0 Å². The highest BCUT2D eigenvalue weighted by molar-refractivity contribution is 5.95. The molecule has 0 N–H and O–H groups in total. The summed E-state index contributed by atoms with van der Waals surface area (Å²) in [6, 6.07) is 2.37. The lowest BCUT2D eigenvalue weighted by atomic mass is 9.87. The van der Waals surface area contributed by atoms with E-state index in [9.17, 15) is 4.79 Å². The van der Waals surface area contributed by atoms with Crippen LogP contribution >= 0.6 is 0 Å². The second-order valence-electron chi connectivity index (χ2n) is 7.28. The smallest absolute Gasteiger partial charge is 0.257 e. The first-order valence-corrected chi connectivity index (χ1v) is 8.88. The van der Waals surface area contributed by atoms with E-state index in [4.69, 9.17) is 9.15 Å². The number of hydrogen-bond donors (Lipinski definition) is 0. The Hall–Kier alpha value is -1.33. The van der Waals surface area contributed by atoms with Gasteiger partial charge in [0.2, 0.25) is 0 Å². The Morgan fingerprint density at radius 3 is 2.61 bits per heavy atom. The first-order chi connectivity index (χ1) is 11.2. The highest BCUT2D eigenvalue weighted by Crippen LogP contribution is 2.38. The summed E-state index contributed by atoms with van der Waals surface area (Å²) in [5.74, 6) is 0.807. The number of carbonyl (C=O) groups excluding carboxylic acids is 1. The van der Waals surface area contributed by atoms with E-state index in [0.717, 1.165) is 39.0 Å². The molecule has 0 unspecified atom stereocenters. The fourth-order valence-corrected chi connectivity index (χ4v) is 4.40. The second kappa shape index (κ2) is 5.95. The van der Waals surface area contributed by atoms with Crippen LogP contribution < -0.4 is 0 Å². The van der Waals surface area contributed by atoms with Gasteiger partial charge in [0.25, 0.3) is 5.91 Å². The van der Waals surface area contributed by atoms with Gasteiger partial charge in [0.15, 0.2) is 0 Å². The van der Waals surface area contributed by atoms with Crippen LogP contribution in [-0.2, 0) is 4.74 Å². The second-order valence-corrected chi connectivity index (χ2v) is 7.28. The monoisotopic (exact) mass is 318 g/mol. The molecule has 0 radical (unpaired) electrons. The van der Waals surface area contributed by atoms with Gasteiger partial charge in [-0.1, -0.05) is 0 Å². The predicted molar refractivity (Wildman–Crippen MR) is 86.5 cm³/mol. The summed E-state index contributed by atoms with van der Waals surface area (Å²) in [5.41, 5.74) is 0.707. The van der Waals surface area contributed by atoms with Crippen molar-refractivity contribution in [1.82, 2.24) is 9.80 Å². The molecule has 1 amide bonds. The van der Waals surface area contributed by atoms with Crippen LogP contribution in [-0.4, -0.2) is 60.1 Å². The fraction of sp³-hybridized carbons (Fsp3) is 0.722. The van der Waals surface area contributed by atoms with Gasteiger partial charge >= 0.3 is 0 Å². The van der Waals surface area contributed by atoms with E-state index in [-0.39, 0.29) is 11.5 Å². The molecule has 126 valence electrons. The van der Waals surface area contributed by atoms with E-state index in [1.807, 2.05) is 11.8 Å². The van der Waals surface area contributed by atoms with Gasteiger partial charge in [0.05, 0.1) is 24.0 Å². The molecule has 4 heterocycles. The Kier molecular flexibility index (Phi) is 3.93. The normalized spacial score (nSPS) is 27.9. The molecule has 4 rings (SSSR count). The molecule has 0 bridgehead atoms. The van der Waals surface area contributed by atoms with Gasteiger partial charge in [-0.3, -0.25) is 9.69 Å². The third-order valence-corrected chi connectivity index (χ3v) is 5.90. The van der Waals surface area contributed by atoms with Gasteiger partial charge in [-0.25, -0.2) is 0 Å². The minimum atomic E-state index is 0.00940. The van der Waals surface area contributed by atoms with Gasteiger partial charge in [-0.15, -0.1) is 0 Å². The lowest BCUT2D eigenvalue weighted by Gasteiger charge is -2.39. The Labute approximate surface area is 137 Å². The summed E-state index contributed by atoms with van der Waals surface area (Å²) in [7, 11) is 0. The number of amides is 1. The highest BCUT2D eigenvalue weighted by atomic mass is 16.5. The van der Waals surface area contributed by atoms with Gasteiger partial charge in [0, 0.05) is 19.1 Å². The maximum absolute atomic E-state index is 12.6. The molecule has 5 heteroatoms. The lowest BCUT2D eigenvalue weighted by Crippen LogP contribution is -2.47. The van der Waals surface area contributed by atoms with Crippen LogP contribution in [0.2, 0.25) is 0 Å². The van der Waals surface area contributed by atoms with E-state index in [0.29, 0.717) is 17.4 Å². The number of furan rings is 1. The maximum Gasteiger partial charge on any atom is 0.257 e. The molecule has 23 heavy (non-hydrogen) atoms. The quantitative estimate of drug-likeness (QED) is 0.840. The van der Waals surface area contributed by atoms with E-state index in [2.05, 4.69) is 4.90 Å². The maximum atomic E-state index is 12.6. The number of aryl methyl sites for hydroxylation is 1. The molecule has 3 fully saturated rings. The summed E-state index contributed by atoms with van der Waals surface area (Å²) in [6.07, 6.45) is 7.31. The van der Waals surface area contributed by atoms with Crippen molar-refractivity contribution in [2.45, 2.75) is 50.7 Å². The molecular weight excluding hydrogens is 292 g/mol. The first kappa shape index (κ1) is 15.2. The zero-order valence-corrected chi connectivity index (χ0v) is 13.9. The summed E-state index contributed by atoms with van der Waals surface area (Å²) < 4.78 is 11.5. The highest BCUT2D eigenvalue weighted by Gasteiger charge is 2.45. The summed E-state index contributed by atoms with van der Waals surface area (Å²) in [4.78, 5) is 17.1. The fourth-order valence-electron chi connectivity index (χ4n) is 4.40. The standard InChI is InChI=1S/C18H26N2O3/c1-14-16(4-11-22-14)17(21)20-9-5-18(6-10-20)12-15(13-23-18)19-7-2-3-8-19/h4,11,15H,2-3,5-10,12-13H2,1H3/t15-/m1/s1. The average Bonchev–Trinajstić information content (AvgIpc) is 3.28. The number of ether oxygens (including phenoxy) is 1. The molecule has 3 aliphatic heterocycles. The Bertz CT molecular complexity index is 569. The molecule has 0 saturated carbocycles. The third kappa shape index (κ3) is 2.81. The number of piperidine rings is 1. The SMILES string of the molecule is Cc1occc1C(=O)N1CCC2(CC1)C[C@@H](N1CCCC1)CO2. The van der Waals surface area contributed by atoms with Crippen molar-refractivity contribution in [2.75, 3.05) is 32.8 Å². The minimum Gasteiger partial charge on any atom is -0.469 e. The number of nitrogens with zero attached hydrogens (tertiary/aromatic N) is 2. The average molecular weight is 318 g/mol. The minimum absolute atomic E-state index is 0.00940. The Morgan fingerprint density at radius 2 is 1.96 bits per heavy atom. The van der Waals surface area contributed by atoms with Crippen LogP contribution in [0.3, 0.4) is 0 Å². The van der Waals surface area contributed by atoms with Crippen molar-refractivity contribution < 1.29 is 13.9 Å². The van der Waals surface area contributed by atoms with Crippen LogP contribution in [0, 0.1) is 6.92 Å². The number of hydrogen-bond acceptors (Lipinski definition) is 4. The van der Waals surface area contributed by atoms with Gasteiger partial charge in [-0.05, 0) is 58.2 Å². The predicted octanol–water partition coefficient (Wildman–Crippen LogP) is 2.45. The van der Waals surface area contributed by atoms with Gasteiger partial charge in [-0.2, -0.15) is 0 Å². The van der Waals surface area contributed by atoms with Crippen molar-refractivity contribution in [1.29, 1.82) is 0 Å². The molecule has 0 aliphatic carbocycles. The number of carbonyl (C=O) groups is 1. The van der Waals surface area contributed by atoms with E-state index in [1.165, 1.54) is 25.9 Å². The molecule has 5 nitrogen and oxygen atoms in total. The largest absolute Gasteiger partial charge is 0.469 e. The summed E-state index contributed by atoms with van der Waals surface area (Å²) >= 11 is 0. The van der Waals surface area contributed by atoms with E-state index < -0.39 is 0 Å². The van der Waals surface area contributed by atoms with Crippen molar-refractivity contribution in [3.63, 3.8) is 0 Å². The van der Waals surface area contributed by atoms with E-state index in [1.54, 1.807) is 12.3 Å². The van der Waals surface area contributed by atoms with Crippen molar-refractivity contribution >= 4 is 5.91 Å². The lowest BCUT2D eigenvalue weighted by molar-refractivity contribution is -0.0393. The van der Waals surface area contributed by atoms with Crippen LogP contribution in [0.4, 0.5) is 0 Å². The molecule has 0 aromatic carbocycles. The third-order valence-electron chi connectivity index (χ3n) is 5.90. The zero-order chi connectivity index (χ0) is 15.9. The molecule has 1 spiro atoms. The molecule has 1 aromatic rings. The first-order valence-electron chi connectivity index (χ1n) is 8.88. The Balaban J connectivity index is 1.36. The van der Waals surface area contributed by atoms with Crippen LogP contribution in [0.15, 0.2) is 16.7 Å². The summed E-state index contributed by atoms with van der Waals surface area (Å²) in [6.45, 7) is 6.75. The van der Waals surface area contributed by atoms with Crippen LogP contribution in [0.25, 0.3) is 0 Å². The van der Waals surface area contributed by atoms with Crippen molar-refractivity contribution in [3.8, 4) is 0 Å². The molecular formula is C18H26N2O3. The topological polar surface area (TPSA) is 45.9 Å². The Morgan fingerprint density at radius 1 is 1.22 bits per heavy atom. The molecule has 3 aliphatic rings. The van der Waals surface area contributed by atoms with Crippen molar-refractivity contribution in [3.05, 3.63) is 23.7 Å². The van der Waals surface area contributed by atoms with Crippen molar-refractivity contribution in [2.24, 2.45) is 0 Å². The molecule has 1 atom stereocenters. The number of rotatable bonds is 2. The van der Waals surface area contributed by atoms with Gasteiger partial charge in [0.1, 0.15) is 5.76 Å². The van der Waals surface area contributed by atoms with Gasteiger partial charge < -0.3 is 14.1 Å². The molecule has 3 saturated heterocycles.